The SMILES string of the molecule is NCC(CO)CC1CC1. The van der Waals surface area contributed by atoms with E-state index in [1.807, 2.05) is 0 Å². The molecule has 0 radical (unpaired) electrons. The molecule has 1 atom stereocenters. The Hall–Kier alpha value is -0.0800. The second-order valence-corrected chi connectivity index (χ2v) is 2.96. The molecule has 9 heavy (non-hydrogen) atoms. The molecule has 0 heterocycles. The van der Waals surface area contributed by atoms with Crippen molar-refractivity contribution in [3.8, 4) is 0 Å². The maximum Gasteiger partial charge on any atom is 0.0471 e. The van der Waals surface area contributed by atoms with Gasteiger partial charge in [-0.15, -0.1) is 0 Å². The first-order valence-corrected chi connectivity index (χ1v) is 3.67. The van der Waals surface area contributed by atoms with Crippen LogP contribution in [-0.2, 0) is 0 Å². The Bertz CT molecular complexity index is 77.0. The number of hydrogen-bond donors (Lipinski definition) is 2. The normalized spacial score (nSPS) is 22.0. The van der Waals surface area contributed by atoms with Crippen LogP contribution in [0.2, 0.25) is 0 Å². The predicted molar refractivity (Wildman–Crippen MR) is 37.0 cm³/mol. The molecule has 1 unspecified atom stereocenters. The summed E-state index contributed by atoms with van der Waals surface area (Å²) in [5.41, 5.74) is 5.40. The molecule has 0 aromatic heterocycles. The fraction of sp³-hybridized carbons (Fsp3) is 1.00. The Morgan fingerprint density at radius 1 is 1.56 bits per heavy atom. The van der Waals surface area contributed by atoms with E-state index in [0.29, 0.717) is 12.5 Å². The van der Waals surface area contributed by atoms with Gasteiger partial charge in [0.05, 0.1) is 0 Å². The topological polar surface area (TPSA) is 46.2 Å². The maximum absolute atomic E-state index is 8.72. The van der Waals surface area contributed by atoms with Crippen LogP contribution in [0.4, 0.5) is 0 Å². The van der Waals surface area contributed by atoms with Gasteiger partial charge in [0, 0.05) is 6.61 Å². The molecule has 0 amide bonds. The lowest BCUT2D eigenvalue weighted by Gasteiger charge is -2.08. The van der Waals surface area contributed by atoms with Crippen LogP contribution in [0.15, 0.2) is 0 Å². The summed E-state index contributed by atoms with van der Waals surface area (Å²) in [6.45, 7) is 0.917. The summed E-state index contributed by atoms with van der Waals surface area (Å²) in [4.78, 5) is 0. The summed E-state index contributed by atoms with van der Waals surface area (Å²) in [5.74, 6) is 1.27. The summed E-state index contributed by atoms with van der Waals surface area (Å²) < 4.78 is 0. The van der Waals surface area contributed by atoms with E-state index in [1.165, 1.54) is 12.8 Å². The Morgan fingerprint density at radius 2 is 2.22 bits per heavy atom. The van der Waals surface area contributed by atoms with Crippen molar-refractivity contribution in [2.75, 3.05) is 13.2 Å². The van der Waals surface area contributed by atoms with Crippen LogP contribution >= 0.6 is 0 Å². The summed E-state index contributed by atoms with van der Waals surface area (Å²) in [5, 5.41) is 8.72. The van der Waals surface area contributed by atoms with Crippen LogP contribution in [0.3, 0.4) is 0 Å². The number of rotatable bonds is 4. The van der Waals surface area contributed by atoms with E-state index in [1.54, 1.807) is 0 Å². The van der Waals surface area contributed by atoms with Crippen LogP contribution < -0.4 is 5.73 Å². The van der Waals surface area contributed by atoms with Gasteiger partial charge in [-0.1, -0.05) is 12.8 Å². The number of hydrogen-bond acceptors (Lipinski definition) is 2. The molecule has 1 saturated carbocycles. The van der Waals surface area contributed by atoms with Gasteiger partial charge in [0.15, 0.2) is 0 Å². The predicted octanol–water partition coefficient (Wildman–Crippen LogP) is 0.354. The molecule has 0 bridgehead atoms. The van der Waals surface area contributed by atoms with Crippen LogP contribution in [0.25, 0.3) is 0 Å². The first-order chi connectivity index (χ1) is 4.36. The Balaban J connectivity index is 2.05. The summed E-state index contributed by atoms with van der Waals surface area (Å²) in [6, 6.07) is 0. The molecule has 1 aliphatic carbocycles. The Labute approximate surface area is 56.1 Å². The lowest BCUT2D eigenvalue weighted by molar-refractivity contribution is 0.218. The van der Waals surface area contributed by atoms with Gasteiger partial charge in [-0.05, 0) is 24.8 Å². The zero-order valence-electron chi connectivity index (χ0n) is 5.71. The van der Waals surface area contributed by atoms with E-state index < -0.39 is 0 Å². The van der Waals surface area contributed by atoms with Crippen LogP contribution in [-0.4, -0.2) is 18.3 Å². The molecule has 2 nitrogen and oxygen atoms in total. The van der Waals surface area contributed by atoms with Crippen LogP contribution in [0, 0.1) is 11.8 Å². The smallest absolute Gasteiger partial charge is 0.0471 e. The molecule has 0 saturated heterocycles. The first kappa shape index (κ1) is 7.03. The quantitative estimate of drug-likeness (QED) is 0.575. The third-order valence-corrected chi connectivity index (χ3v) is 1.96. The monoisotopic (exact) mass is 129 g/mol. The molecule has 2 heteroatoms. The number of aliphatic hydroxyl groups is 1. The highest BCUT2D eigenvalue weighted by Gasteiger charge is 2.24. The molecule has 3 N–H and O–H groups in total. The van der Waals surface area contributed by atoms with Gasteiger partial charge < -0.3 is 10.8 Å². The average molecular weight is 129 g/mol. The molecule has 1 aliphatic rings. The molecular weight excluding hydrogens is 114 g/mol. The van der Waals surface area contributed by atoms with Crippen molar-refractivity contribution >= 4 is 0 Å². The lowest BCUT2D eigenvalue weighted by Crippen LogP contribution is -2.18. The van der Waals surface area contributed by atoms with Gasteiger partial charge in [-0.2, -0.15) is 0 Å². The minimum absolute atomic E-state index is 0.271. The minimum atomic E-state index is 0.271. The molecule has 0 aromatic carbocycles. The van der Waals surface area contributed by atoms with Crippen molar-refractivity contribution in [3.63, 3.8) is 0 Å². The van der Waals surface area contributed by atoms with Gasteiger partial charge in [0.25, 0.3) is 0 Å². The largest absolute Gasteiger partial charge is 0.396 e. The minimum Gasteiger partial charge on any atom is -0.396 e. The Morgan fingerprint density at radius 3 is 2.56 bits per heavy atom. The third-order valence-electron chi connectivity index (χ3n) is 1.96. The highest BCUT2D eigenvalue weighted by Crippen LogP contribution is 2.34. The number of aliphatic hydroxyl groups excluding tert-OH is 1. The van der Waals surface area contributed by atoms with E-state index in [4.69, 9.17) is 10.8 Å². The van der Waals surface area contributed by atoms with Crippen LogP contribution in [0.5, 0.6) is 0 Å². The van der Waals surface area contributed by atoms with E-state index in [2.05, 4.69) is 0 Å². The standard InChI is InChI=1S/C7H15NO/c8-4-7(5-9)3-6-1-2-6/h6-7,9H,1-5,8H2. The van der Waals surface area contributed by atoms with Crippen molar-refractivity contribution in [2.45, 2.75) is 19.3 Å². The van der Waals surface area contributed by atoms with Crippen LogP contribution in [0.1, 0.15) is 19.3 Å². The van der Waals surface area contributed by atoms with E-state index >= 15 is 0 Å². The zero-order chi connectivity index (χ0) is 6.69. The van der Waals surface area contributed by atoms with Gasteiger partial charge in [-0.3, -0.25) is 0 Å². The van der Waals surface area contributed by atoms with Gasteiger partial charge in [0.2, 0.25) is 0 Å². The van der Waals surface area contributed by atoms with E-state index in [9.17, 15) is 0 Å². The fourth-order valence-corrected chi connectivity index (χ4v) is 1.07. The molecule has 0 aliphatic heterocycles. The summed E-state index contributed by atoms with van der Waals surface area (Å²) in [6.07, 6.45) is 3.86. The average Bonchev–Trinajstić information content (AvgIpc) is 2.66. The van der Waals surface area contributed by atoms with Crippen molar-refractivity contribution in [1.82, 2.24) is 0 Å². The maximum atomic E-state index is 8.72. The van der Waals surface area contributed by atoms with Gasteiger partial charge in [-0.25, -0.2) is 0 Å². The fourth-order valence-electron chi connectivity index (χ4n) is 1.07. The molecule has 54 valence electrons. The van der Waals surface area contributed by atoms with Crippen molar-refractivity contribution < 1.29 is 5.11 Å². The first-order valence-electron chi connectivity index (χ1n) is 3.67. The zero-order valence-corrected chi connectivity index (χ0v) is 5.71. The van der Waals surface area contributed by atoms with Crippen molar-refractivity contribution in [3.05, 3.63) is 0 Å². The molecule has 1 rings (SSSR count). The summed E-state index contributed by atoms with van der Waals surface area (Å²) >= 11 is 0. The van der Waals surface area contributed by atoms with Gasteiger partial charge in [0.1, 0.15) is 0 Å². The lowest BCUT2D eigenvalue weighted by atomic mass is 10.0. The number of nitrogens with two attached hydrogens (primary N) is 1. The van der Waals surface area contributed by atoms with E-state index in [0.717, 1.165) is 12.3 Å². The molecule has 0 aromatic rings. The second-order valence-electron chi connectivity index (χ2n) is 2.96. The molecular formula is C7H15NO. The Kier molecular flexibility index (Phi) is 2.49. The van der Waals surface area contributed by atoms with E-state index in [-0.39, 0.29) is 6.61 Å². The third kappa shape index (κ3) is 2.33. The molecule has 1 fully saturated rings. The molecule has 0 spiro atoms. The van der Waals surface area contributed by atoms with Crippen molar-refractivity contribution in [2.24, 2.45) is 17.6 Å². The highest BCUT2D eigenvalue weighted by atomic mass is 16.3. The second kappa shape index (κ2) is 3.18. The van der Waals surface area contributed by atoms with Crippen molar-refractivity contribution in [1.29, 1.82) is 0 Å². The van der Waals surface area contributed by atoms with Gasteiger partial charge >= 0.3 is 0 Å². The highest BCUT2D eigenvalue weighted by molar-refractivity contribution is 4.76. The summed E-state index contributed by atoms with van der Waals surface area (Å²) in [7, 11) is 0.